The molecule has 0 bridgehead atoms. The number of amides is 3. The van der Waals surface area contributed by atoms with E-state index in [0.29, 0.717) is 11.4 Å². The van der Waals surface area contributed by atoms with Gasteiger partial charge in [-0.15, -0.1) is 11.3 Å². The van der Waals surface area contributed by atoms with Crippen LogP contribution in [0.25, 0.3) is 0 Å². The van der Waals surface area contributed by atoms with E-state index in [1.807, 2.05) is 6.92 Å². The average molecular weight is 603 g/mol. The Morgan fingerprint density at radius 2 is 1.93 bits per heavy atom. The van der Waals surface area contributed by atoms with Crippen LogP contribution in [0.4, 0.5) is 16.2 Å². The number of nitrogens with one attached hydrogen (secondary N) is 2. The molecule has 3 atom stereocenters. The molecule has 0 spiro atoms. The number of hydrogen-bond acceptors (Lipinski definition) is 8. The van der Waals surface area contributed by atoms with E-state index in [2.05, 4.69) is 10.0 Å². The lowest BCUT2D eigenvalue weighted by Gasteiger charge is -2.38. The van der Waals surface area contributed by atoms with Crippen molar-refractivity contribution in [1.29, 1.82) is 0 Å². The highest BCUT2D eigenvalue weighted by Gasteiger charge is 2.34. The van der Waals surface area contributed by atoms with Gasteiger partial charge in [-0.3, -0.25) is 9.52 Å². The number of benzene rings is 2. The van der Waals surface area contributed by atoms with E-state index in [1.165, 1.54) is 23.1 Å². The number of aliphatic hydroxyl groups is 1. The molecule has 0 fully saturated rings. The summed E-state index contributed by atoms with van der Waals surface area (Å²) in [7, 11) is -0.620. The molecular formula is C28H34N4O7S2. The Morgan fingerprint density at radius 3 is 2.56 bits per heavy atom. The lowest BCUT2D eigenvalue weighted by Crippen LogP contribution is -2.50. The summed E-state index contributed by atoms with van der Waals surface area (Å²) in [4.78, 5) is 29.7. The lowest BCUT2D eigenvalue weighted by atomic mass is 9.99. The molecule has 3 aromatic rings. The van der Waals surface area contributed by atoms with Gasteiger partial charge in [-0.25, -0.2) is 13.2 Å². The van der Waals surface area contributed by atoms with Gasteiger partial charge in [-0.2, -0.15) is 0 Å². The van der Waals surface area contributed by atoms with Crippen LogP contribution in [0.1, 0.15) is 24.2 Å². The molecule has 2 heterocycles. The number of rotatable bonds is 9. The molecule has 220 valence electrons. The topological polar surface area (TPSA) is 138 Å². The van der Waals surface area contributed by atoms with Crippen molar-refractivity contribution in [3.8, 4) is 11.5 Å². The van der Waals surface area contributed by atoms with E-state index in [4.69, 9.17) is 9.47 Å². The Labute approximate surface area is 243 Å². The highest BCUT2D eigenvalue weighted by atomic mass is 32.2. The summed E-state index contributed by atoms with van der Waals surface area (Å²) in [5, 5.41) is 14.4. The predicted octanol–water partition coefficient (Wildman–Crippen LogP) is 3.94. The highest BCUT2D eigenvalue weighted by molar-refractivity contribution is 7.94. The van der Waals surface area contributed by atoms with Gasteiger partial charge in [-0.1, -0.05) is 13.0 Å². The molecule has 0 saturated heterocycles. The molecule has 3 N–H and O–H groups in total. The molecule has 3 amide bonds. The van der Waals surface area contributed by atoms with Gasteiger partial charge in [0.1, 0.15) is 21.8 Å². The van der Waals surface area contributed by atoms with Crippen LogP contribution in [-0.2, 0) is 10.0 Å². The van der Waals surface area contributed by atoms with Gasteiger partial charge < -0.3 is 29.7 Å². The average Bonchev–Trinajstić information content (AvgIpc) is 3.51. The van der Waals surface area contributed by atoms with Crippen molar-refractivity contribution in [2.24, 2.45) is 5.92 Å². The second kappa shape index (κ2) is 12.8. The lowest BCUT2D eigenvalue weighted by molar-refractivity contribution is 0.0371. The van der Waals surface area contributed by atoms with Crippen molar-refractivity contribution in [3.05, 3.63) is 65.5 Å². The van der Waals surface area contributed by atoms with E-state index in [-0.39, 0.29) is 52.9 Å². The molecule has 41 heavy (non-hydrogen) atoms. The molecule has 0 radical (unpaired) electrons. The van der Waals surface area contributed by atoms with Crippen molar-refractivity contribution in [3.63, 3.8) is 0 Å². The van der Waals surface area contributed by atoms with Crippen LogP contribution < -0.4 is 19.5 Å². The second-order valence-electron chi connectivity index (χ2n) is 9.91. The summed E-state index contributed by atoms with van der Waals surface area (Å²) in [6.45, 7) is 3.85. The van der Waals surface area contributed by atoms with Crippen LogP contribution in [0, 0.1) is 5.92 Å². The number of likely N-dealkylation sites (N-methyl/N-ethyl adjacent to an activating group) is 1. The van der Waals surface area contributed by atoms with E-state index < -0.39 is 28.1 Å². The van der Waals surface area contributed by atoms with Gasteiger partial charge in [0, 0.05) is 30.9 Å². The first kappa shape index (κ1) is 30.2. The standard InChI is InChI=1S/C28H34N4O7S2/c1-18-15-32(19(2)17-33)27(34)23-14-21(30-41(36,37)26-6-5-13-40-26)9-12-24(23)39-25(18)16-31(3)28(35)29-20-7-10-22(38-4)11-8-20/h5-14,18-19,25,30,33H,15-17H2,1-4H3,(H,29,35)/t18-,19+,25-/m1/s1. The smallest absolute Gasteiger partial charge is 0.321 e. The zero-order chi connectivity index (χ0) is 29.7. The summed E-state index contributed by atoms with van der Waals surface area (Å²) in [5.41, 5.74) is 0.955. The zero-order valence-corrected chi connectivity index (χ0v) is 24.9. The maximum atomic E-state index is 13.6. The fraction of sp³-hybridized carbons (Fsp3) is 0.357. The molecule has 1 aliphatic heterocycles. The molecule has 0 aliphatic carbocycles. The molecule has 0 unspecified atom stereocenters. The fourth-order valence-corrected chi connectivity index (χ4v) is 6.41. The Bertz CT molecular complexity index is 1460. The van der Waals surface area contributed by atoms with Crippen molar-refractivity contribution < 1.29 is 32.6 Å². The van der Waals surface area contributed by atoms with Gasteiger partial charge in [0.15, 0.2) is 0 Å². The number of sulfonamides is 1. The summed E-state index contributed by atoms with van der Waals surface area (Å²) >= 11 is 1.08. The fourth-order valence-electron chi connectivity index (χ4n) is 4.37. The van der Waals surface area contributed by atoms with Gasteiger partial charge in [0.25, 0.3) is 15.9 Å². The van der Waals surface area contributed by atoms with Crippen molar-refractivity contribution in [2.75, 3.05) is 43.9 Å². The van der Waals surface area contributed by atoms with E-state index in [0.717, 1.165) is 11.3 Å². The normalized spacial score (nSPS) is 17.9. The number of fused-ring (bicyclic) bond motifs is 1. The number of nitrogens with zero attached hydrogens (tertiary/aromatic N) is 2. The summed E-state index contributed by atoms with van der Waals surface area (Å²) in [6, 6.07) is 13.8. The number of aliphatic hydroxyl groups excluding tert-OH is 1. The van der Waals surface area contributed by atoms with Crippen LogP contribution in [0.15, 0.2) is 64.2 Å². The minimum Gasteiger partial charge on any atom is -0.497 e. The van der Waals surface area contributed by atoms with Gasteiger partial charge in [-0.05, 0) is 60.8 Å². The Balaban J connectivity index is 1.58. The largest absolute Gasteiger partial charge is 0.497 e. The molecule has 1 aliphatic rings. The third kappa shape index (κ3) is 7.10. The highest BCUT2D eigenvalue weighted by Crippen LogP contribution is 2.32. The van der Waals surface area contributed by atoms with Gasteiger partial charge in [0.05, 0.1) is 31.9 Å². The quantitative estimate of drug-likeness (QED) is 0.337. The molecule has 1 aromatic heterocycles. The van der Waals surface area contributed by atoms with E-state index in [9.17, 15) is 23.1 Å². The van der Waals surface area contributed by atoms with Crippen molar-refractivity contribution in [2.45, 2.75) is 30.2 Å². The van der Waals surface area contributed by atoms with Gasteiger partial charge >= 0.3 is 6.03 Å². The first-order chi connectivity index (χ1) is 19.5. The number of hydrogen-bond donors (Lipinski definition) is 3. The van der Waals surface area contributed by atoms with E-state index >= 15 is 0 Å². The number of ether oxygens (including phenoxy) is 2. The SMILES string of the molecule is COc1ccc(NC(=O)N(C)C[C@H]2Oc3ccc(NS(=O)(=O)c4cccs4)cc3C(=O)N([C@@H](C)CO)C[C@H]2C)cc1. The first-order valence-corrected chi connectivity index (χ1v) is 15.3. The van der Waals surface area contributed by atoms with Crippen LogP contribution in [0.2, 0.25) is 0 Å². The Hall–Kier alpha value is -3.81. The molecule has 13 heteroatoms. The number of thiophene rings is 1. The van der Waals surface area contributed by atoms with Crippen molar-refractivity contribution in [1.82, 2.24) is 9.80 Å². The van der Waals surface area contributed by atoms with Crippen LogP contribution in [0.5, 0.6) is 11.5 Å². The summed E-state index contributed by atoms with van der Waals surface area (Å²) in [6.07, 6.45) is -0.518. The predicted molar refractivity (Wildman–Crippen MR) is 157 cm³/mol. The minimum absolute atomic E-state index is 0.146. The molecule has 11 nitrogen and oxygen atoms in total. The molecule has 4 rings (SSSR count). The monoisotopic (exact) mass is 602 g/mol. The Morgan fingerprint density at radius 1 is 1.22 bits per heavy atom. The number of anilines is 2. The van der Waals surface area contributed by atoms with Crippen LogP contribution in [-0.4, -0.2) is 81.3 Å². The van der Waals surface area contributed by atoms with E-state index in [1.54, 1.807) is 67.8 Å². The molecular weight excluding hydrogens is 568 g/mol. The van der Waals surface area contributed by atoms with Crippen LogP contribution >= 0.6 is 11.3 Å². The van der Waals surface area contributed by atoms with Crippen molar-refractivity contribution >= 4 is 44.7 Å². The number of urea groups is 1. The maximum Gasteiger partial charge on any atom is 0.321 e. The third-order valence-electron chi connectivity index (χ3n) is 6.82. The minimum atomic E-state index is -3.83. The van der Waals surface area contributed by atoms with Gasteiger partial charge in [0.2, 0.25) is 0 Å². The Kier molecular flexibility index (Phi) is 9.41. The number of methoxy groups -OCH3 is 1. The van der Waals surface area contributed by atoms with Crippen LogP contribution in [0.3, 0.4) is 0 Å². The number of carbonyl (C=O) groups is 2. The molecule has 2 aromatic carbocycles. The maximum absolute atomic E-state index is 13.6. The summed E-state index contributed by atoms with van der Waals surface area (Å²) < 4.78 is 39.7. The summed E-state index contributed by atoms with van der Waals surface area (Å²) in [5.74, 6) is 0.319. The third-order valence-corrected chi connectivity index (χ3v) is 9.60. The number of carbonyl (C=O) groups excluding carboxylic acids is 2. The zero-order valence-electron chi connectivity index (χ0n) is 23.2. The molecule has 0 saturated carbocycles. The first-order valence-electron chi connectivity index (χ1n) is 13.0. The second-order valence-corrected chi connectivity index (χ2v) is 12.8.